The number of ether oxygens (including phenoxy) is 1. The molecule has 0 aromatic heterocycles. The number of aliphatic imine (C=N–C) groups is 1. The molecule has 2 aliphatic rings. The number of carbonyl (C=O) groups is 1. The van der Waals surface area contributed by atoms with Gasteiger partial charge in [0.15, 0.2) is 5.84 Å². The number of nitrogens with zero attached hydrogens (tertiary/aromatic N) is 3. The maximum atomic E-state index is 12.5. The van der Waals surface area contributed by atoms with E-state index < -0.39 is 15.7 Å². The van der Waals surface area contributed by atoms with Gasteiger partial charge in [-0.1, -0.05) is 49.4 Å². The van der Waals surface area contributed by atoms with Crippen LogP contribution in [0, 0.1) is 5.41 Å². The van der Waals surface area contributed by atoms with Gasteiger partial charge in [-0.2, -0.15) is 10.0 Å². The van der Waals surface area contributed by atoms with Crippen LogP contribution < -0.4 is 4.74 Å². The Balaban J connectivity index is 1.53. The van der Waals surface area contributed by atoms with Gasteiger partial charge >= 0.3 is 0 Å². The number of benzene rings is 2. The van der Waals surface area contributed by atoms with Crippen LogP contribution in [0.25, 0.3) is 6.08 Å². The fourth-order valence-electron chi connectivity index (χ4n) is 3.03. The molecule has 4 rings (SSSR count). The summed E-state index contributed by atoms with van der Waals surface area (Å²) in [5.74, 6) is -0.283. The number of hydrogen-bond acceptors (Lipinski definition) is 7. The van der Waals surface area contributed by atoms with Gasteiger partial charge in [-0.3, -0.25) is 10.2 Å². The van der Waals surface area contributed by atoms with Crippen LogP contribution in [0.15, 0.2) is 70.3 Å². The second-order valence-electron chi connectivity index (χ2n) is 7.03. The van der Waals surface area contributed by atoms with Gasteiger partial charge in [-0.15, -0.1) is 5.10 Å². The predicted octanol–water partition coefficient (Wildman–Crippen LogP) is 3.84. The lowest BCUT2D eigenvalue weighted by atomic mass is 10.1. The summed E-state index contributed by atoms with van der Waals surface area (Å²) >= 11 is 0.780. The monoisotopic (exact) mass is 468 g/mol. The number of rotatable bonds is 5. The van der Waals surface area contributed by atoms with E-state index in [0.29, 0.717) is 11.3 Å². The van der Waals surface area contributed by atoms with Gasteiger partial charge in [-0.25, -0.2) is 8.42 Å². The van der Waals surface area contributed by atoms with E-state index in [1.807, 2.05) is 37.3 Å². The molecule has 1 N–H and O–H groups in total. The van der Waals surface area contributed by atoms with Crippen LogP contribution in [0.3, 0.4) is 0 Å². The Morgan fingerprint density at radius 1 is 1.16 bits per heavy atom. The molecule has 0 aliphatic carbocycles. The van der Waals surface area contributed by atoms with E-state index in [4.69, 9.17) is 10.1 Å². The highest BCUT2D eigenvalue weighted by Gasteiger charge is 2.39. The van der Waals surface area contributed by atoms with Gasteiger partial charge in [0.1, 0.15) is 11.9 Å². The molecule has 0 radical (unpaired) electrons. The first-order valence-corrected chi connectivity index (χ1v) is 12.3. The van der Waals surface area contributed by atoms with Crippen LogP contribution in [-0.4, -0.2) is 40.5 Å². The molecule has 0 spiro atoms. The summed E-state index contributed by atoms with van der Waals surface area (Å²) in [6.45, 7) is 3.47. The average Bonchev–Trinajstić information content (AvgIpc) is 3.23. The minimum atomic E-state index is -3.56. The van der Waals surface area contributed by atoms with Crippen molar-refractivity contribution in [3.05, 3.63) is 71.3 Å². The normalized spacial score (nSPS) is 18.3. The van der Waals surface area contributed by atoms with Crippen molar-refractivity contribution in [2.24, 2.45) is 10.1 Å². The molecule has 2 heterocycles. The third-order valence-corrected chi connectivity index (χ3v) is 7.94. The molecule has 0 fully saturated rings. The smallest absolute Gasteiger partial charge is 0.283 e. The van der Waals surface area contributed by atoms with Gasteiger partial charge in [-0.05, 0) is 48.0 Å². The number of hydrazone groups is 1. The molecule has 2 aromatic rings. The third-order valence-electron chi connectivity index (χ3n) is 4.86. The molecular formula is C22H20N4O4S2. The number of nitrogens with one attached hydrogen (secondary N) is 1. The van der Waals surface area contributed by atoms with Crippen LogP contribution in [0.4, 0.5) is 0 Å². The maximum absolute atomic E-state index is 12.5. The fraction of sp³-hybridized carbons (Fsp3) is 0.182. The van der Waals surface area contributed by atoms with Crippen molar-refractivity contribution in [1.29, 1.82) is 5.41 Å². The molecule has 1 amide bonds. The van der Waals surface area contributed by atoms with Crippen molar-refractivity contribution in [2.75, 3.05) is 5.75 Å². The van der Waals surface area contributed by atoms with E-state index in [9.17, 15) is 13.2 Å². The molecule has 0 saturated carbocycles. The Morgan fingerprint density at radius 3 is 2.50 bits per heavy atom. The molecule has 8 nitrogen and oxygen atoms in total. The Bertz CT molecular complexity index is 1270. The highest BCUT2D eigenvalue weighted by Crippen LogP contribution is 2.30. The lowest BCUT2D eigenvalue weighted by molar-refractivity contribution is -0.114. The van der Waals surface area contributed by atoms with E-state index >= 15 is 0 Å². The summed E-state index contributed by atoms with van der Waals surface area (Å²) in [7, 11) is -3.56. The number of carbonyl (C=O) groups excluding carboxylic acids is 1. The molecule has 164 valence electrons. The van der Waals surface area contributed by atoms with Crippen LogP contribution in [0.5, 0.6) is 5.75 Å². The molecular weight excluding hydrogens is 448 g/mol. The summed E-state index contributed by atoms with van der Waals surface area (Å²) in [5.41, 5.74) is 1.76. The SMILES string of the molecule is CCS(=O)(=O)C1=NN2C(=N)/C(=C/c3ccc(O[C@H](C)c4ccccc4)cc3)C(=O)N=C2S1. The largest absolute Gasteiger partial charge is 0.486 e. The van der Waals surface area contributed by atoms with Crippen LogP contribution in [-0.2, 0) is 14.6 Å². The third kappa shape index (κ3) is 4.37. The van der Waals surface area contributed by atoms with Gasteiger partial charge in [0.25, 0.3) is 5.91 Å². The van der Waals surface area contributed by atoms with Crippen LogP contribution >= 0.6 is 11.8 Å². The number of thioether (sulfide) groups is 1. The minimum absolute atomic E-state index is 0.0274. The van der Waals surface area contributed by atoms with Crippen molar-refractivity contribution in [1.82, 2.24) is 5.01 Å². The van der Waals surface area contributed by atoms with Gasteiger partial charge < -0.3 is 4.74 Å². The highest BCUT2D eigenvalue weighted by molar-refractivity contribution is 8.42. The van der Waals surface area contributed by atoms with Crippen molar-refractivity contribution in [3.8, 4) is 5.75 Å². The fourth-order valence-corrected chi connectivity index (χ4v) is 5.19. The van der Waals surface area contributed by atoms with Crippen LogP contribution in [0.1, 0.15) is 31.1 Å². The standard InChI is InChI=1S/C22H20N4O4S2/c1-3-32(28,29)22-25-26-19(23)18(20(27)24-21(26)31-22)13-15-9-11-17(12-10-15)30-14(2)16-7-5-4-6-8-16/h4-14,23H,3H2,1-2H3/b18-13-,23-19?/t14-/m1/s1. The van der Waals surface area contributed by atoms with E-state index in [0.717, 1.165) is 22.3 Å². The summed E-state index contributed by atoms with van der Waals surface area (Å²) in [6.07, 6.45) is 1.40. The molecule has 1 atom stereocenters. The first kappa shape index (κ1) is 22.0. The topological polar surface area (TPSA) is 112 Å². The number of amides is 1. The molecule has 32 heavy (non-hydrogen) atoms. The second-order valence-corrected chi connectivity index (χ2v) is 10.4. The lowest BCUT2D eigenvalue weighted by Gasteiger charge is -2.20. The number of amidine groups is 2. The van der Waals surface area contributed by atoms with Crippen LogP contribution in [0.2, 0.25) is 0 Å². The quantitative estimate of drug-likeness (QED) is 0.667. The molecule has 0 bridgehead atoms. The summed E-state index contributed by atoms with van der Waals surface area (Å²) < 4.78 is 30.0. The first-order chi connectivity index (χ1) is 15.3. The van der Waals surface area contributed by atoms with Gasteiger partial charge in [0, 0.05) is 0 Å². The maximum Gasteiger partial charge on any atom is 0.283 e. The van der Waals surface area contributed by atoms with Crippen molar-refractivity contribution in [3.63, 3.8) is 0 Å². The Kier molecular flexibility index (Phi) is 5.98. The zero-order chi connectivity index (χ0) is 22.9. The Hall–Kier alpha value is -3.24. The zero-order valence-electron chi connectivity index (χ0n) is 17.3. The van der Waals surface area contributed by atoms with Crippen molar-refractivity contribution >= 4 is 49.0 Å². The minimum Gasteiger partial charge on any atom is -0.486 e. The van der Waals surface area contributed by atoms with Crippen molar-refractivity contribution in [2.45, 2.75) is 20.0 Å². The van der Waals surface area contributed by atoms with E-state index in [1.54, 1.807) is 24.3 Å². The number of sulfone groups is 1. The van der Waals surface area contributed by atoms with E-state index in [2.05, 4.69) is 10.1 Å². The van der Waals surface area contributed by atoms with E-state index in [1.165, 1.54) is 13.0 Å². The van der Waals surface area contributed by atoms with Gasteiger partial charge in [0.05, 0.1) is 11.3 Å². The second kappa shape index (κ2) is 8.71. The summed E-state index contributed by atoms with van der Waals surface area (Å²) in [4.78, 5) is 16.4. The Morgan fingerprint density at radius 2 is 1.84 bits per heavy atom. The molecule has 0 unspecified atom stereocenters. The van der Waals surface area contributed by atoms with Gasteiger partial charge in [0.2, 0.25) is 19.4 Å². The lowest BCUT2D eigenvalue weighted by Crippen LogP contribution is -2.35. The summed E-state index contributed by atoms with van der Waals surface area (Å²) in [6, 6.07) is 17.0. The number of fused-ring (bicyclic) bond motifs is 1. The van der Waals surface area contributed by atoms with Crippen molar-refractivity contribution < 1.29 is 17.9 Å². The zero-order valence-corrected chi connectivity index (χ0v) is 19.0. The molecule has 10 heteroatoms. The summed E-state index contributed by atoms with van der Waals surface area (Å²) in [5, 5.41) is 13.5. The molecule has 0 saturated heterocycles. The Labute approximate surface area is 190 Å². The predicted molar refractivity (Wildman–Crippen MR) is 126 cm³/mol. The first-order valence-electron chi connectivity index (χ1n) is 9.83. The number of hydrogen-bond donors (Lipinski definition) is 1. The average molecular weight is 469 g/mol. The van der Waals surface area contributed by atoms with E-state index in [-0.39, 0.29) is 32.8 Å². The molecule has 2 aromatic carbocycles. The highest BCUT2D eigenvalue weighted by atomic mass is 32.3. The molecule has 2 aliphatic heterocycles.